The van der Waals surface area contributed by atoms with Crippen molar-refractivity contribution >= 4 is 41.3 Å². The second-order valence-electron chi connectivity index (χ2n) is 6.72. The highest BCUT2D eigenvalue weighted by Gasteiger charge is 2.08. The van der Waals surface area contributed by atoms with Crippen LogP contribution in [0.1, 0.15) is 27.8 Å². The molecule has 1 unspecified atom stereocenters. The first kappa shape index (κ1) is 22.4. The SMILES string of the molecule is CN=C(NCc1cnn(Cc2ccccc2)c1)NC(C)Cc1ccc(C)s1.I. The number of hydrogen-bond acceptors (Lipinski definition) is 3. The zero-order valence-electron chi connectivity index (χ0n) is 16.6. The minimum absolute atomic E-state index is 0. The van der Waals surface area contributed by atoms with Gasteiger partial charge in [-0.3, -0.25) is 9.67 Å². The van der Waals surface area contributed by atoms with Crippen molar-refractivity contribution in [3.8, 4) is 0 Å². The largest absolute Gasteiger partial charge is 0.354 e. The van der Waals surface area contributed by atoms with Crippen LogP contribution in [0.4, 0.5) is 0 Å². The summed E-state index contributed by atoms with van der Waals surface area (Å²) < 4.78 is 1.96. The highest BCUT2D eigenvalue weighted by atomic mass is 127. The Morgan fingerprint density at radius 3 is 2.64 bits per heavy atom. The van der Waals surface area contributed by atoms with Crippen molar-refractivity contribution in [1.82, 2.24) is 20.4 Å². The van der Waals surface area contributed by atoms with E-state index in [-0.39, 0.29) is 24.0 Å². The molecule has 7 heteroatoms. The number of nitrogens with zero attached hydrogens (tertiary/aromatic N) is 3. The van der Waals surface area contributed by atoms with E-state index in [0.717, 1.165) is 24.5 Å². The third-order valence-corrected chi connectivity index (χ3v) is 5.27. The van der Waals surface area contributed by atoms with Gasteiger partial charge in [0.1, 0.15) is 0 Å². The van der Waals surface area contributed by atoms with Gasteiger partial charge < -0.3 is 10.6 Å². The molecule has 1 atom stereocenters. The summed E-state index contributed by atoms with van der Waals surface area (Å²) in [6, 6.07) is 15.0. The fourth-order valence-electron chi connectivity index (χ4n) is 2.92. The van der Waals surface area contributed by atoms with E-state index < -0.39 is 0 Å². The minimum Gasteiger partial charge on any atom is -0.354 e. The van der Waals surface area contributed by atoms with Crippen molar-refractivity contribution in [2.24, 2.45) is 4.99 Å². The zero-order valence-corrected chi connectivity index (χ0v) is 19.7. The number of aliphatic imine (C=N–C) groups is 1. The van der Waals surface area contributed by atoms with Crippen molar-refractivity contribution in [3.63, 3.8) is 0 Å². The Hall–Kier alpha value is -1.87. The van der Waals surface area contributed by atoms with E-state index in [1.54, 1.807) is 7.05 Å². The molecule has 0 radical (unpaired) electrons. The molecule has 2 aromatic heterocycles. The number of hydrogen-bond donors (Lipinski definition) is 2. The summed E-state index contributed by atoms with van der Waals surface area (Å²) in [5.41, 5.74) is 2.38. The van der Waals surface area contributed by atoms with Crippen molar-refractivity contribution in [3.05, 3.63) is 75.7 Å². The summed E-state index contributed by atoms with van der Waals surface area (Å²) in [5, 5.41) is 11.3. The molecule has 5 nitrogen and oxygen atoms in total. The summed E-state index contributed by atoms with van der Waals surface area (Å²) in [7, 11) is 1.80. The van der Waals surface area contributed by atoms with Gasteiger partial charge in [-0.1, -0.05) is 30.3 Å². The highest BCUT2D eigenvalue weighted by Crippen LogP contribution is 2.16. The van der Waals surface area contributed by atoms with Gasteiger partial charge in [-0.2, -0.15) is 5.10 Å². The predicted octanol–water partition coefficient (Wildman–Crippen LogP) is 4.22. The highest BCUT2D eigenvalue weighted by molar-refractivity contribution is 14.0. The second kappa shape index (κ2) is 11.2. The Morgan fingerprint density at radius 2 is 1.96 bits per heavy atom. The Balaban J connectivity index is 0.00000280. The molecule has 2 heterocycles. The maximum absolute atomic E-state index is 4.45. The van der Waals surface area contributed by atoms with Crippen LogP contribution in [0.25, 0.3) is 0 Å². The molecule has 3 rings (SSSR count). The van der Waals surface area contributed by atoms with Crippen molar-refractivity contribution < 1.29 is 0 Å². The number of halogens is 1. The lowest BCUT2D eigenvalue weighted by Gasteiger charge is -2.17. The number of benzene rings is 1. The van der Waals surface area contributed by atoms with Crippen LogP contribution in [-0.4, -0.2) is 28.8 Å². The molecule has 0 aliphatic carbocycles. The number of guanidine groups is 1. The van der Waals surface area contributed by atoms with Gasteiger partial charge in [0.15, 0.2) is 5.96 Å². The predicted molar refractivity (Wildman–Crippen MR) is 129 cm³/mol. The van der Waals surface area contributed by atoms with Gasteiger partial charge in [-0.25, -0.2) is 0 Å². The van der Waals surface area contributed by atoms with Crippen LogP contribution in [0.3, 0.4) is 0 Å². The fourth-order valence-corrected chi connectivity index (χ4v) is 3.94. The zero-order chi connectivity index (χ0) is 19.1. The molecule has 0 saturated heterocycles. The Morgan fingerprint density at radius 1 is 1.18 bits per heavy atom. The molecule has 0 aliphatic rings. The van der Waals surface area contributed by atoms with Crippen molar-refractivity contribution in [2.75, 3.05) is 7.05 Å². The van der Waals surface area contributed by atoms with Gasteiger partial charge in [0.25, 0.3) is 0 Å². The molecular formula is C21H28IN5S. The summed E-state index contributed by atoms with van der Waals surface area (Å²) in [6.07, 6.45) is 4.97. The molecule has 0 fully saturated rings. The fraction of sp³-hybridized carbons (Fsp3) is 0.333. The van der Waals surface area contributed by atoms with Gasteiger partial charge >= 0.3 is 0 Å². The quantitative estimate of drug-likeness (QED) is 0.285. The maximum Gasteiger partial charge on any atom is 0.191 e. The summed E-state index contributed by atoms with van der Waals surface area (Å²) in [5.74, 6) is 0.812. The van der Waals surface area contributed by atoms with Crippen LogP contribution in [-0.2, 0) is 19.5 Å². The third-order valence-electron chi connectivity index (χ3n) is 4.24. The average Bonchev–Trinajstić information content (AvgIpc) is 3.28. The van der Waals surface area contributed by atoms with E-state index >= 15 is 0 Å². The number of aryl methyl sites for hydroxylation is 1. The summed E-state index contributed by atoms with van der Waals surface area (Å²) >= 11 is 1.85. The number of nitrogens with one attached hydrogen (secondary N) is 2. The molecule has 0 bridgehead atoms. The molecular weight excluding hydrogens is 481 g/mol. The lowest BCUT2D eigenvalue weighted by atomic mass is 10.2. The molecule has 2 N–H and O–H groups in total. The van der Waals surface area contributed by atoms with E-state index in [4.69, 9.17) is 0 Å². The standard InChI is InChI=1S/C21H27N5S.HI/c1-16(11-20-10-9-17(2)27-20)25-21(22-3)23-12-19-13-24-26(15-19)14-18-7-5-4-6-8-18;/h4-10,13,15-16H,11-12,14H2,1-3H3,(H2,22,23,25);1H. The molecule has 0 saturated carbocycles. The monoisotopic (exact) mass is 509 g/mol. The number of rotatable bonds is 7. The number of thiophene rings is 1. The molecule has 0 amide bonds. The maximum atomic E-state index is 4.45. The van der Waals surface area contributed by atoms with Crippen molar-refractivity contribution in [1.29, 1.82) is 0 Å². The van der Waals surface area contributed by atoms with E-state index in [1.165, 1.54) is 15.3 Å². The van der Waals surface area contributed by atoms with Crippen LogP contribution in [0, 0.1) is 6.92 Å². The second-order valence-corrected chi connectivity index (χ2v) is 8.09. The Kier molecular flexibility index (Phi) is 8.98. The van der Waals surface area contributed by atoms with Gasteiger partial charge in [0.05, 0.1) is 12.7 Å². The van der Waals surface area contributed by atoms with Crippen LogP contribution >= 0.6 is 35.3 Å². The third kappa shape index (κ3) is 6.94. The van der Waals surface area contributed by atoms with Crippen LogP contribution in [0.5, 0.6) is 0 Å². The normalized spacial score (nSPS) is 12.3. The molecule has 28 heavy (non-hydrogen) atoms. The minimum atomic E-state index is 0. The molecule has 0 aliphatic heterocycles. The molecule has 0 spiro atoms. The number of aromatic nitrogens is 2. The van der Waals surface area contributed by atoms with E-state index in [1.807, 2.05) is 28.3 Å². The first-order valence-electron chi connectivity index (χ1n) is 9.20. The lowest BCUT2D eigenvalue weighted by Crippen LogP contribution is -2.42. The van der Waals surface area contributed by atoms with E-state index in [2.05, 4.69) is 77.2 Å². The first-order valence-corrected chi connectivity index (χ1v) is 10.0. The van der Waals surface area contributed by atoms with Crippen LogP contribution in [0.2, 0.25) is 0 Å². The average molecular weight is 509 g/mol. The topological polar surface area (TPSA) is 54.2 Å². The Bertz CT molecular complexity index is 872. The van der Waals surface area contributed by atoms with Gasteiger partial charge in [-0.15, -0.1) is 35.3 Å². The smallest absolute Gasteiger partial charge is 0.191 e. The molecule has 3 aromatic rings. The molecule has 150 valence electrons. The van der Waals surface area contributed by atoms with Gasteiger partial charge in [-0.05, 0) is 31.5 Å². The van der Waals surface area contributed by atoms with E-state index in [9.17, 15) is 0 Å². The summed E-state index contributed by atoms with van der Waals surface area (Å²) in [4.78, 5) is 7.08. The van der Waals surface area contributed by atoms with Gasteiger partial charge in [0.2, 0.25) is 0 Å². The Labute approximate surface area is 188 Å². The molecule has 1 aromatic carbocycles. The van der Waals surface area contributed by atoms with Gasteiger partial charge in [0, 0.05) is 47.6 Å². The van der Waals surface area contributed by atoms with Crippen molar-refractivity contribution in [2.45, 2.75) is 39.4 Å². The van der Waals surface area contributed by atoms with E-state index in [0.29, 0.717) is 12.6 Å². The first-order chi connectivity index (χ1) is 13.1. The van der Waals surface area contributed by atoms with Crippen LogP contribution < -0.4 is 10.6 Å². The lowest BCUT2D eigenvalue weighted by molar-refractivity contribution is 0.644. The summed E-state index contributed by atoms with van der Waals surface area (Å²) in [6.45, 7) is 5.80. The van der Waals surface area contributed by atoms with Crippen LogP contribution in [0.15, 0.2) is 59.9 Å².